The quantitative estimate of drug-likeness (QED) is 0.598. The van der Waals surface area contributed by atoms with Gasteiger partial charge in [-0.15, -0.1) is 0 Å². The van der Waals surface area contributed by atoms with Crippen molar-refractivity contribution in [3.8, 4) is 0 Å². The van der Waals surface area contributed by atoms with E-state index < -0.39 is 0 Å². The number of nitrogens with zero attached hydrogens (tertiary/aromatic N) is 2. The highest BCUT2D eigenvalue weighted by Crippen LogP contribution is 2.41. The van der Waals surface area contributed by atoms with Crippen LogP contribution in [0.4, 0.5) is 5.69 Å². The molecule has 5 heteroatoms. The summed E-state index contributed by atoms with van der Waals surface area (Å²) >= 11 is 0. The third-order valence-corrected chi connectivity index (χ3v) is 6.30. The summed E-state index contributed by atoms with van der Waals surface area (Å²) in [6.45, 7) is 9.89. The third-order valence-electron chi connectivity index (χ3n) is 6.30. The first kappa shape index (κ1) is 22.3. The van der Waals surface area contributed by atoms with Gasteiger partial charge in [-0.05, 0) is 80.0 Å². The zero-order valence-corrected chi connectivity index (χ0v) is 18.8. The van der Waals surface area contributed by atoms with E-state index in [2.05, 4.69) is 42.1 Å². The molecule has 1 heterocycles. The summed E-state index contributed by atoms with van der Waals surface area (Å²) in [7, 11) is 0. The van der Waals surface area contributed by atoms with Gasteiger partial charge in [0.2, 0.25) is 0 Å². The van der Waals surface area contributed by atoms with Crippen LogP contribution in [0.25, 0.3) is 0 Å². The Morgan fingerprint density at radius 3 is 2.57 bits per heavy atom. The van der Waals surface area contributed by atoms with Crippen LogP contribution in [0.5, 0.6) is 0 Å². The Morgan fingerprint density at radius 2 is 1.93 bits per heavy atom. The molecule has 1 fully saturated rings. The lowest BCUT2D eigenvalue weighted by Crippen LogP contribution is -2.26. The molecule has 0 radical (unpaired) electrons. The lowest BCUT2D eigenvalue weighted by atomic mass is 9.69. The fourth-order valence-corrected chi connectivity index (χ4v) is 4.41. The number of esters is 1. The van der Waals surface area contributed by atoms with Crippen LogP contribution in [0.1, 0.15) is 75.0 Å². The van der Waals surface area contributed by atoms with Crippen LogP contribution >= 0.6 is 0 Å². The van der Waals surface area contributed by atoms with Crippen molar-refractivity contribution in [3.05, 3.63) is 53.6 Å². The predicted octanol–water partition coefficient (Wildman–Crippen LogP) is 5.66. The third kappa shape index (κ3) is 6.04. The number of hydrogen-bond acceptors (Lipinski definition) is 5. The summed E-state index contributed by atoms with van der Waals surface area (Å²) in [6, 6.07) is 7.80. The largest absolute Gasteiger partial charge is 0.462 e. The van der Waals surface area contributed by atoms with E-state index in [-0.39, 0.29) is 5.97 Å². The molecule has 5 nitrogen and oxygen atoms in total. The van der Waals surface area contributed by atoms with Crippen LogP contribution in [0.3, 0.4) is 0 Å². The van der Waals surface area contributed by atoms with E-state index in [0.29, 0.717) is 30.0 Å². The lowest BCUT2D eigenvalue weighted by Gasteiger charge is -2.37. The van der Waals surface area contributed by atoms with Crippen LogP contribution < -0.4 is 5.32 Å². The van der Waals surface area contributed by atoms with Gasteiger partial charge in [0.05, 0.1) is 24.4 Å². The Labute approximate surface area is 180 Å². The number of nitrogens with one attached hydrogen (secondary N) is 1. The Hall–Kier alpha value is -2.43. The molecule has 0 saturated heterocycles. The maximum absolute atomic E-state index is 12.2. The van der Waals surface area contributed by atoms with Gasteiger partial charge in [-0.25, -0.2) is 14.8 Å². The molecule has 1 aromatic carbocycles. The normalized spacial score (nSPS) is 19.3. The van der Waals surface area contributed by atoms with Crippen LogP contribution in [-0.2, 0) is 17.7 Å². The van der Waals surface area contributed by atoms with Gasteiger partial charge in [0.25, 0.3) is 0 Å². The fourth-order valence-electron chi connectivity index (χ4n) is 4.41. The van der Waals surface area contributed by atoms with Gasteiger partial charge in [0, 0.05) is 11.9 Å². The van der Waals surface area contributed by atoms with Crippen molar-refractivity contribution >= 4 is 11.7 Å². The summed E-state index contributed by atoms with van der Waals surface area (Å²) in [6.07, 6.45) is 9.48. The maximum Gasteiger partial charge on any atom is 0.338 e. The van der Waals surface area contributed by atoms with Crippen LogP contribution in [0.2, 0.25) is 0 Å². The zero-order valence-electron chi connectivity index (χ0n) is 18.8. The number of benzene rings is 1. The number of carbonyl (C=O) groups is 1. The van der Waals surface area contributed by atoms with E-state index in [0.717, 1.165) is 23.7 Å². The first-order valence-corrected chi connectivity index (χ1v) is 11.2. The average Bonchev–Trinajstić information content (AvgIpc) is 2.73. The lowest BCUT2D eigenvalue weighted by molar-refractivity contribution is 0.0526. The summed E-state index contributed by atoms with van der Waals surface area (Å²) in [5.41, 5.74) is 4.16. The smallest absolute Gasteiger partial charge is 0.338 e. The molecule has 0 amide bonds. The first-order valence-electron chi connectivity index (χ1n) is 11.2. The minimum Gasteiger partial charge on any atom is -0.462 e. The van der Waals surface area contributed by atoms with Gasteiger partial charge < -0.3 is 10.1 Å². The molecular formula is C25H35N3O2. The van der Waals surface area contributed by atoms with E-state index in [4.69, 9.17) is 4.74 Å². The Kier molecular flexibility index (Phi) is 7.46. The first-order chi connectivity index (χ1) is 14.4. The summed E-state index contributed by atoms with van der Waals surface area (Å²) in [5.74, 6) is 1.23. The Balaban J connectivity index is 1.72. The van der Waals surface area contributed by atoms with Crippen molar-refractivity contribution in [2.45, 2.75) is 66.3 Å². The molecule has 0 unspecified atom stereocenters. The van der Waals surface area contributed by atoms with Gasteiger partial charge in [-0.2, -0.15) is 0 Å². The molecule has 0 spiro atoms. The van der Waals surface area contributed by atoms with E-state index >= 15 is 0 Å². The molecule has 1 N–H and O–H groups in total. The van der Waals surface area contributed by atoms with E-state index in [1.807, 2.05) is 25.1 Å². The van der Waals surface area contributed by atoms with E-state index in [1.165, 1.54) is 31.2 Å². The van der Waals surface area contributed by atoms with Gasteiger partial charge in [0.1, 0.15) is 6.33 Å². The zero-order chi connectivity index (χ0) is 21.6. The number of ether oxygens (including phenoxy) is 1. The second-order valence-corrected chi connectivity index (χ2v) is 9.43. The summed E-state index contributed by atoms with van der Waals surface area (Å²) < 4.78 is 5.19. The second-order valence-electron chi connectivity index (χ2n) is 9.43. The van der Waals surface area contributed by atoms with Gasteiger partial charge >= 0.3 is 5.97 Å². The van der Waals surface area contributed by atoms with Gasteiger partial charge in [-0.3, -0.25) is 0 Å². The minimum atomic E-state index is -0.278. The summed E-state index contributed by atoms with van der Waals surface area (Å²) in [5, 5.41) is 3.49. The van der Waals surface area contributed by atoms with Crippen molar-refractivity contribution in [3.63, 3.8) is 0 Å². The highest BCUT2D eigenvalue weighted by atomic mass is 16.5. The molecular weight excluding hydrogens is 374 g/mol. The molecule has 2 aromatic rings. The highest BCUT2D eigenvalue weighted by molar-refractivity contribution is 5.90. The van der Waals surface area contributed by atoms with Gasteiger partial charge in [-0.1, -0.05) is 26.8 Å². The topological polar surface area (TPSA) is 64.1 Å². The van der Waals surface area contributed by atoms with Crippen LogP contribution in [0.15, 0.2) is 36.8 Å². The maximum atomic E-state index is 12.2. The van der Waals surface area contributed by atoms with E-state index in [9.17, 15) is 4.79 Å². The molecule has 162 valence electrons. The van der Waals surface area contributed by atoms with Gasteiger partial charge in [0.15, 0.2) is 0 Å². The molecule has 1 aromatic heterocycles. The SMILES string of the molecule is CCOC(=O)c1ccc(CC2CCC(C(C)(C)C)CC2)c(NCc2ccncn2)c1. The van der Waals surface area contributed by atoms with Crippen molar-refractivity contribution in [1.29, 1.82) is 0 Å². The molecule has 30 heavy (non-hydrogen) atoms. The van der Waals surface area contributed by atoms with Crippen LogP contribution in [0, 0.1) is 17.3 Å². The van der Waals surface area contributed by atoms with E-state index in [1.54, 1.807) is 12.5 Å². The van der Waals surface area contributed by atoms with Crippen LogP contribution in [-0.4, -0.2) is 22.5 Å². The molecule has 0 aliphatic heterocycles. The predicted molar refractivity (Wildman–Crippen MR) is 120 cm³/mol. The van der Waals surface area contributed by atoms with Crippen molar-refractivity contribution in [1.82, 2.24) is 9.97 Å². The standard InChI is InChI=1S/C25H35N3O2/c1-5-30-24(29)20-9-8-19(14-18-6-10-21(11-7-18)25(2,3)4)23(15-20)27-16-22-12-13-26-17-28-22/h8-9,12-13,15,17-18,21,27H,5-7,10-11,14,16H2,1-4H3. The fraction of sp³-hybridized carbons (Fsp3) is 0.560. The second kappa shape index (κ2) is 10.1. The van der Waals surface area contributed by atoms with Crippen molar-refractivity contribution in [2.24, 2.45) is 17.3 Å². The number of aromatic nitrogens is 2. The van der Waals surface area contributed by atoms with Crippen molar-refractivity contribution in [2.75, 3.05) is 11.9 Å². The molecule has 1 saturated carbocycles. The molecule has 1 aliphatic carbocycles. The average molecular weight is 410 g/mol. The monoisotopic (exact) mass is 409 g/mol. The number of hydrogen-bond donors (Lipinski definition) is 1. The molecule has 3 rings (SSSR count). The summed E-state index contributed by atoms with van der Waals surface area (Å²) in [4.78, 5) is 20.5. The highest BCUT2D eigenvalue weighted by Gasteiger charge is 2.30. The number of carbonyl (C=O) groups excluding carboxylic acids is 1. The number of anilines is 1. The van der Waals surface area contributed by atoms with Crippen molar-refractivity contribution < 1.29 is 9.53 Å². The minimum absolute atomic E-state index is 0.278. The Bertz CT molecular complexity index is 822. The molecule has 0 atom stereocenters. The molecule has 0 bridgehead atoms. The Morgan fingerprint density at radius 1 is 1.17 bits per heavy atom. The molecule has 1 aliphatic rings. The number of rotatable bonds is 7.